The largest absolute Gasteiger partial charge is 0.495 e. The molecule has 1 heterocycles. The van der Waals surface area contributed by atoms with Crippen molar-refractivity contribution in [2.75, 3.05) is 25.5 Å². The number of benzene rings is 2. The van der Waals surface area contributed by atoms with Gasteiger partial charge in [0.25, 0.3) is 5.91 Å². The molecule has 0 aromatic heterocycles. The van der Waals surface area contributed by atoms with E-state index in [1.807, 2.05) is 6.92 Å². The van der Waals surface area contributed by atoms with Gasteiger partial charge in [0, 0.05) is 29.4 Å². The zero-order chi connectivity index (χ0) is 19.6. The third kappa shape index (κ3) is 4.10. The first-order chi connectivity index (χ1) is 12.8. The summed E-state index contributed by atoms with van der Waals surface area (Å²) in [7, 11) is -2.30. The summed E-state index contributed by atoms with van der Waals surface area (Å²) in [5, 5.41) is 3.37. The Morgan fingerprint density at radius 1 is 1.15 bits per heavy atom. The van der Waals surface area contributed by atoms with E-state index in [2.05, 4.69) is 5.32 Å². The number of anilines is 1. The van der Waals surface area contributed by atoms with Crippen LogP contribution in [0.3, 0.4) is 0 Å². The van der Waals surface area contributed by atoms with E-state index in [4.69, 9.17) is 16.3 Å². The fraction of sp³-hybridized carbons (Fsp3) is 0.316. The minimum absolute atomic E-state index is 0.00683. The first-order valence-electron chi connectivity index (χ1n) is 8.58. The number of ether oxygens (including phenoxy) is 1. The van der Waals surface area contributed by atoms with Gasteiger partial charge in [-0.05, 0) is 61.7 Å². The summed E-state index contributed by atoms with van der Waals surface area (Å²) >= 11 is 5.94. The van der Waals surface area contributed by atoms with Gasteiger partial charge in [-0.3, -0.25) is 4.79 Å². The summed E-state index contributed by atoms with van der Waals surface area (Å²) in [5.74, 6) is -0.179. The molecular formula is C19H21ClN2O4S. The molecule has 1 amide bonds. The van der Waals surface area contributed by atoms with Crippen LogP contribution in [0.5, 0.6) is 5.75 Å². The Morgan fingerprint density at radius 2 is 1.85 bits per heavy atom. The summed E-state index contributed by atoms with van der Waals surface area (Å²) < 4.78 is 32.5. The van der Waals surface area contributed by atoms with E-state index in [0.29, 0.717) is 23.8 Å². The van der Waals surface area contributed by atoms with Crippen molar-refractivity contribution in [3.63, 3.8) is 0 Å². The number of nitrogens with zero attached hydrogens (tertiary/aromatic N) is 1. The molecule has 1 saturated heterocycles. The number of aryl methyl sites for hydroxylation is 1. The lowest BCUT2D eigenvalue weighted by Crippen LogP contribution is -2.28. The van der Waals surface area contributed by atoms with Crippen LogP contribution in [0.2, 0.25) is 5.02 Å². The molecular weight excluding hydrogens is 388 g/mol. The predicted molar refractivity (Wildman–Crippen MR) is 105 cm³/mol. The number of halogens is 1. The van der Waals surface area contributed by atoms with E-state index in [1.54, 1.807) is 24.3 Å². The molecule has 1 aliphatic rings. The highest BCUT2D eigenvalue weighted by atomic mass is 35.5. The van der Waals surface area contributed by atoms with E-state index in [-0.39, 0.29) is 16.2 Å². The van der Waals surface area contributed by atoms with Gasteiger partial charge in [-0.15, -0.1) is 0 Å². The van der Waals surface area contributed by atoms with Gasteiger partial charge in [0.1, 0.15) is 10.6 Å². The lowest BCUT2D eigenvalue weighted by molar-refractivity contribution is 0.102. The first-order valence-corrected chi connectivity index (χ1v) is 10.4. The minimum atomic E-state index is -3.71. The molecule has 2 aromatic carbocycles. The van der Waals surface area contributed by atoms with Gasteiger partial charge in [-0.2, -0.15) is 4.31 Å². The SMILES string of the molecule is COc1ccc(C(=O)Nc2ccc(Cl)cc2C)cc1S(=O)(=O)N1CCCC1. The third-order valence-electron chi connectivity index (χ3n) is 4.55. The Morgan fingerprint density at radius 3 is 2.48 bits per heavy atom. The van der Waals surface area contributed by atoms with Crippen LogP contribution in [0.15, 0.2) is 41.3 Å². The molecule has 0 radical (unpaired) electrons. The zero-order valence-corrected chi connectivity index (χ0v) is 16.7. The Balaban J connectivity index is 1.93. The quantitative estimate of drug-likeness (QED) is 0.818. The average molecular weight is 409 g/mol. The van der Waals surface area contributed by atoms with Gasteiger partial charge in [0.2, 0.25) is 10.0 Å². The van der Waals surface area contributed by atoms with Gasteiger partial charge in [-0.25, -0.2) is 8.42 Å². The van der Waals surface area contributed by atoms with Crippen LogP contribution in [0.1, 0.15) is 28.8 Å². The summed E-state index contributed by atoms with van der Waals surface area (Å²) in [5.41, 5.74) is 1.67. The summed E-state index contributed by atoms with van der Waals surface area (Å²) in [6.45, 7) is 2.79. The molecule has 1 N–H and O–H groups in total. The predicted octanol–water partition coefficient (Wildman–Crippen LogP) is 3.69. The first kappa shape index (κ1) is 19.7. The molecule has 1 aliphatic heterocycles. The number of carbonyl (C=O) groups is 1. The van der Waals surface area contributed by atoms with Crippen molar-refractivity contribution in [2.24, 2.45) is 0 Å². The second kappa shape index (κ2) is 7.88. The number of nitrogens with one attached hydrogen (secondary N) is 1. The molecule has 27 heavy (non-hydrogen) atoms. The maximum absolute atomic E-state index is 12.9. The van der Waals surface area contributed by atoms with Crippen LogP contribution in [-0.4, -0.2) is 38.8 Å². The van der Waals surface area contributed by atoms with Crippen molar-refractivity contribution in [3.05, 3.63) is 52.5 Å². The molecule has 3 rings (SSSR count). The van der Waals surface area contributed by atoms with Crippen LogP contribution < -0.4 is 10.1 Å². The highest BCUT2D eigenvalue weighted by molar-refractivity contribution is 7.89. The molecule has 0 unspecified atom stereocenters. The number of amides is 1. The van der Waals surface area contributed by atoms with Gasteiger partial charge >= 0.3 is 0 Å². The van der Waals surface area contributed by atoms with Crippen molar-refractivity contribution >= 4 is 33.2 Å². The smallest absolute Gasteiger partial charge is 0.255 e. The Kier molecular flexibility index (Phi) is 5.74. The topological polar surface area (TPSA) is 75.7 Å². The number of methoxy groups -OCH3 is 1. The van der Waals surface area contributed by atoms with Crippen LogP contribution in [-0.2, 0) is 10.0 Å². The zero-order valence-electron chi connectivity index (χ0n) is 15.2. The molecule has 0 atom stereocenters. The highest BCUT2D eigenvalue weighted by Crippen LogP contribution is 2.30. The fourth-order valence-corrected chi connectivity index (χ4v) is 4.97. The summed E-state index contributed by atoms with van der Waals surface area (Å²) in [4.78, 5) is 12.7. The highest BCUT2D eigenvalue weighted by Gasteiger charge is 2.30. The van der Waals surface area contributed by atoms with Crippen LogP contribution in [0.4, 0.5) is 5.69 Å². The second-order valence-electron chi connectivity index (χ2n) is 6.39. The van der Waals surface area contributed by atoms with E-state index in [1.165, 1.54) is 23.5 Å². The minimum Gasteiger partial charge on any atom is -0.495 e. The fourth-order valence-electron chi connectivity index (χ4n) is 3.05. The van der Waals surface area contributed by atoms with Crippen molar-refractivity contribution in [1.82, 2.24) is 4.31 Å². The maximum Gasteiger partial charge on any atom is 0.255 e. The van der Waals surface area contributed by atoms with Gasteiger partial charge in [-0.1, -0.05) is 11.6 Å². The third-order valence-corrected chi connectivity index (χ3v) is 6.70. The van der Waals surface area contributed by atoms with Crippen molar-refractivity contribution in [2.45, 2.75) is 24.7 Å². The lowest BCUT2D eigenvalue weighted by atomic mass is 10.1. The number of carbonyl (C=O) groups excluding carboxylic acids is 1. The number of hydrogen-bond donors (Lipinski definition) is 1. The van der Waals surface area contributed by atoms with E-state index in [9.17, 15) is 13.2 Å². The standard InChI is InChI=1S/C19H21ClN2O4S/c1-13-11-15(20)6-7-16(13)21-19(23)14-5-8-17(26-2)18(12-14)27(24,25)22-9-3-4-10-22/h5-8,11-12H,3-4,9-10H2,1-2H3,(H,21,23). The van der Waals surface area contributed by atoms with Crippen LogP contribution in [0, 0.1) is 6.92 Å². The Labute approximate surface area is 164 Å². The van der Waals surface area contributed by atoms with E-state index in [0.717, 1.165) is 18.4 Å². The number of hydrogen-bond acceptors (Lipinski definition) is 4. The molecule has 8 heteroatoms. The molecule has 0 saturated carbocycles. The van der Waals surface area contributed by atoms with Gasteiger partial charge in [0.05, 0.1) is 7.11 Å². The number of sulfonamides is 1. The molecule has 6 nitrogen and oxygen atoms in total. The summed E-state index contributed by atoms with van der Waals surface area (Å²) in [6.07, 6.45) is 1.66. The van der Waals surface area contributed by atoms with E-state index >= 15 is 0 Å². The Hall–Kier alpha value is -2.09. The number of rotatable bonds is 5. The van der Waals surface area contributed by atoms with Gasteiger partial charge in [0.15, 0.2) is 0 Å². The van der Waals surface area contributed by atoms with Gasteiger partial charge < -0.3 is 10.1 Å². The van der Waals surface area contributed by atoms with Crippen molar-refractivity contribution in [1.29, 1.82) is 0 Å². The molecule has 1 fully saturated rings. The summed E-state index contributed by atoms with van der Waals surface area (Å²) in [6, 6.07) is 9.55. The van der Waals surface area contributed by atoms with Crippen molar-refractivity contribution in [3.8, 4) is 5.75 Å². The normalized spacial score (nSPS) is 14.9. The molecule has 2 aromatic rings. The second-order valence-corrected chi connectivity index (χ2v) is 8.73. The maximum atomic E-state index is 12.9. The van der Waals surface area contributed by atoms with Crippen LogP contribution >= 0.6 is 11.6 Å². The Bertz CT molecular complexity index is 970. The van der Waals surface area contributed by atoms with Crippen molar-refractivity contribution < 1.29 is 17.9 Å². The molecule has 0 spiro atoms. The molecule has 0 bridgehead atoms. The monoisotopic (exact) mass is 408 g/mol. The average Bonchev–Trinajstić information content (AvgIpc) is 3.19. The lowest BCUT2D eigenvalue weighted by Gasteiger charge is -2.18. The van der Waals surface area contributed by atoms with E-state index < -0.39 is 15.9 Å². The molecule has 144 valence electrons. The van der Waals surface area contributed by atoms with Crippen LogP contribution in [0.25, 0.3) is 0 Å². The molecule has 0 aliphatic carbocycles.